The van der Waals surface area contributed by atoms with Crippen molar-refractivity contribution < 1.29 is 9.90 Å². The first-order valence-electron chi connectivity index (χ1n) is 6.40. The van der Waals surface area contributed by atoms with Gasteiger partial charge in [-0.15, -0.1) is 0 Å². The molecule has 0 fully saturated rings. The monoisotopic (exact) mass is 318 g/mol. The van der Waals surface area contributed by atoms with Gasteiger partial charge >= 0.3 is 0 Å². The van der Waals surface area contributed by atoms with E-state index in [0.29, 0.717) is 18.5 Å². The fourth-order valence-electron chi connectivity index (χ4n) is 1.78. The van der Waals surface area contributed by atoms with Crippen molar-refractivity contribution >= 4 is 34.8 Å². The fourth-order valence-corrected chi connectivity index (χ4v) is 2.27. The second kappa shape index (κ2) is 7.16. The van der Waals surface area contributed by atoms with Crippen LogP contribution in [0.5, 0.6) is 0 Å². The highest BCUT2D eigenvalue weighted by molar-refractivity contribution is 6.39. The number of nitrogen functional groups attached to an aromatic ring is 1. The smallest absolute Gasteiger partial charge is 0.251 e. The van der Waals surface area contributed by atoms with Crippen LogP contribution in [-0.4, -0.2) is 24.2 Å². The maximum atomic E-state index is 12.1. The average molecular weight is 319 g/mol. The Morgan fingerprint density at radius 2 is 1.90 bits per heavy atom. The largest absolute Gasteiger partial charge is 0.396 e. The molecule has 6 heteroatoms. The number of nitrogens with one attached hydrogen (secondary N) is 1. The van der Waals surface area contributed by atoms with Gasteiger partial charge in [0.25, 0.3) is 5.91 Å². The molecule has 1 aromatic carbocycles. The number of nitrogens with two attached hydrogens (primary N) is 1. The first-order chi connectivity index (χ1) is 9.26. The third-order valence-corrected chi connectivity index (χ3v) is 3.71. The van der Waals surface area contributed by atoms with Gasteiger partial charge in [0.2, 0.25) is 0 Å². The molecule has 0 unspecified atom stereocenters. The average Bonchev–Trinajstić information content (AvgIpc) is 2.39. The Morgan fingerprint density at radius 3 is 2.40 bits per heavy atom. The molecule has 0 saturated heterocycles. The quantitative estimate of drug-likeness (QED) is 0.705. The minimum Gasteiger partial charge on any atom is -0.396 e. The molecule has 1 aromatic rings. The zero-order chi connectivity index (χ0) is 15.3. The molecular formula is C14H20Cl2N2O2. The molecule has 4 N–H and O–H groups in total. The van der Waals surface area contributed by atoms with Crippen molar-refractivity contribution in [3.05, 3.63) is 27.7 Å². The maximum absolute atomic E-state index is 12.1. The topological polar surface area (TPSA) is 75.3 Å². The van der Waals surface area contributed by atoms with Crippen molar-refractivity contribution in [3.63, 3.8) is 0 Å². The molecule has 0 radical (unpaired) electrons. The molecular weight excluding hydrogens is 299 g/mol. The minimum atomic E-state index is -0.245. The van der Waals surface area contributed by atoms with Gasteiger partial charge in [0.15, 0.2) is 0 Å². The number of hydrogen-bond acceptors (Lipinski definition) is 3. The maximum Gasteiger partial charge on any atom is 0.251 e. The van der Waals surface area contributed by atoms with Gasteiger partial charge in [-0.3, -0.25) is 4.79 Å². The van der Waals surface area contributed by atoms with E-state index >= 15 is 0 Å². The second-order valence-corrected chi connectivity index (χ2v) is 6.34. The Labute approximate surface area is 129 Å². The molecule has 1 rings (SSSR count). The normalized spacial score (nSPS) is 11.4. The number of aliphatic hydroxyl groups is 1. The summed E-state index contributed by atoms with van der Waals surface area (Å²) in [6, 6.07) is 3.00. The lowest BCUT2D eigenvalue weighted by molar-refractivity contribution is 0.0933. The van der Waals surface area contributed by atoms with E-state index in [1.807, 2.05) is 13.8 Å². The molecule has 0 spiro atoms. The summed E-state index contributed by atoms with van der Waals surface area (Å²) < 4.78 is 0. The molecule has 0 atom stereocenters. The third kappa shape index (κ3) is 4.85. The number of amides is 1. The Morgan fingerprint density at radius 1 is 1.35 bits per heavy atom. The van der Waals surface area contributed by atoms with Crippen molar-refractivity contribution in [2.24, 2.45) is 5.41 Å². The van der Waals surface area contributed by atoms with Crippen molar-refractivity contribution in [1.29, 1.82) is 0 Å². The zero-order valence-electron chi connectivity index (χ0n) is 11.7. The summed E-state index contributed by atoms with van der Waals surface area (Å²) in [5, 5.41) is 12.2. The van der Waals surface area contributed by atoms with E-state index in [9.17, 15) is 4.79 Å². The van der Waals surface area contributed by atoms with Gasteiger partial charge in [-0.1, -0.05) is 37.0 Å². The summed E-state index contributed by atoms with van der Waals surface area (Å²) in [6.45, 7) is 4.73. The third-order valence-electron chi connectivity index (χ3n) is 3.08. The summed E-state index contributed by atoms with van der Waals surface area (Å²) in [7, 11) is 0. The lowest BCUT2D eigenvalue weighted by Gasteiger charge is -2.24. The number of aliphatic hydroxyl groups excluding tert-OH is 1. The van der Waals surface area contributed by atoms with E-state index < -0.39 is 0 Å². The summed E-state index contributed by atoms with van der Waals surface area (Å²) in [6.07, 6.45) is 1.54. The van der Waals surface area contributed by atoms with Crippen molar-refractivity contribution in [3.8, 4) is 0 Å². The summed E-state index contributed by atoms with van der Waals surface area (Å²) in [5.74, 6) is -0.245. The van der Waals surface area contributed by atoms with E-state index in [1.54, 1.807) is 0 Å². The number of carbonyl (C=O) groups excluding carboxylic acids is 1. The van der Waals surface area contributed by atoms with E-state index in [1.165, 1.54) is 12.1 Å². The van der Waals surface area contributed by atoms with Gasteiger partial charge in [-0.25, -0.2) is 0 Å². The number of rotatable bonds is 6. The van der Waals surface area contributed by atoms with E-state index in [4.69, 9.17) is 34.0 Å². The van der Waals surface area contributed by atoms with Crippen molar-refractivity contribution in [1.82, 2.24) is 5.32 Å². The van der Waals surface area contributed by atoms with Gasteiger partial charge in [-0.2, -0.15) is 0 Å². The van der Waals surface area contributed by atoms with E-state index in [0.717, 1.165) is 6.42 Å². The van der Waals surface area contributed by atoms with Crippen molar-refractivity contribution in [2.75, 3.05) is 18.9 Å². The highest BCUT2D eigenvalue weighted by atomic mass is 35.5. The van der Waals surface area contributed by atoms with Crippen LogP contribution in [0.3, 0.4) is 0 Å². The van der Waals surface area contributed by atoms with Crippen LogP contribution in [-0.2, 0) is 0 Å². The Hall–Kier alpha value is -0.970. The van der Waals surface area contributed by atoms with Crippen LogP contribution in [0.25, 0.3) is 0 Å². The molecule has 0 aliphatic carbocycles. The predicted octanol–water partition coefficient (Wildman–Crippen LogP) is 3.10. The number of halogens is 2. The van der Waals surface area contributed by atoms with Crippen LogP contribution in [0.4, 0.5) is 5.69 Å². The highest BCUT2D eigenvalue weighted by Crippen LogP contribution is 2.29. The van der Waals surface area contributed by atoms with Crippen LogP contribution >= 0.6 is 23.2 Å². The first-order valence-corrected chi connectivity index (χ1v) is 7.16. The second-order valence-electron chi connectivity index (χ2n) is 5.53. The van der Waals surface area contributed by atoms with Gasteiger partial charge in [-0.05, 0) is 30.4 Å². The van der Waals surface area contributed by atoms with Crippen LogP contribution in [0, 0.1) is 5.41 Å². The molecule has 0 saturated carbocycles. The summed E-state index contributed by atoms with van der Waals surface area (Å²) in [4.78, 5) is 12.1. The van der Waals surface area contributed by atoms with E-state index in [2.05, 4.69) is 5.32 Å². The van der Waals surface area contributed by atoms with Gasteiger partial charge in [0.05, 0.1) is 15.7 Å². The van der Waals surface area contributed by atoms with Gasteiger partial charge < -0.3 is 16.2 Å². The Bertz CT molecular complexity index is 467. The predicted molar refractivity (Wildman–Crippen MR) is 83.3 cm³/mol. The summed E-state index contributed by atoms with van der Waals surface area (Å²) >= 11 is 11.8. The lowest BCUT2D eigenvalue weighted by atomic mass is 9.88. The van der Waals surface area contributed by atoms with E-state index in [-0.39, 0.29) is 33.7 Å². The molecule has 0 aromatic heterocycles. The van der Waals surface area contributed by atoms with Crippen LogP contribution in [0.2, 0.25) is 10.0 Å². The molecule has 0 aliphatic rings. The molecule has 0 aliphatic heterocycles. The van der Waals surface area contributed by atoms with Gasteiger partial charge in [0, 0.05) is 18.7 Å². The number of anilines is 1. The van der Waals surface area contributed by atoms with Crippen LogP contribution < -0.4 is 11.1 Å². The summed E-state index contributed by atoms with van der Waals surface area (Å²) in [5.41, 5.74) is 6.20. The molecule has 1 amide bonds. The number of hydrogen-bond donors (Lipinski definition) is 3. The van der Waals surface area contributed by atoms with Crippen LogP contribution in [0.1, 0.15) is 37.0 Å². The van der Waals surface area contributed by atoms with Crippen LogP contribution in [0.15, 0.2) is 12.1 Å². The Balaban J connectivity index is 2.68. The Kier molecular flexibility index (Phi) is 6.11. The number of benzene rings is 1. The minimum absolute atomic E-state index is 0.0835. The first kappa shape index (κ1) is 17.1. The standard InChI is InChI=1S/C14H20Cl2N2O2/c1-14(2,4-3-5-19)8-18-13(20)9-6-10(15)12(17)11(16)7-9/h6-7,19H,3-5,8,17H2,1-2H3,(H,18,20). The van der Waals surface area contributed by atoms with Gasteiger partial charge in [0.1, 0.15) is 0 Å². The molecule has 4 nitrogen and oxygen atoms in total. The lowest BCUT2D eigenvalue weighted by Crippen LogP contribution is -2.34. The molecule has 0 bridgehead atoms. The number of carbonyl (C=O) groups is 1. The molecule has 112 valence electrons. The fraction of sp³-hybridized carbons (Fsp3) is 0.500. The zero-order valence-corrected chi connectivity index (χ0v) is 13.2. The SMILES string of the molecule is CC(C)(CCCO)CNC(=O)c1cc(Cl)c(N)c(Cl)c1. The van der Waals surface area contributed by atoms with Crippen molar-refractivity contribution in [2.45, 2.75) is 26.7 Å². The highest BCUT2D eigenvalue weighted by Gasteiger charge is 2.19. The molecule has 0 heterocycles. The molecule has 20 heavy (non-hydrogen) atoms.